The Hall–Kier alpha value is -0.720. The molecule has 1 rings (SSSR count). The zero-order chi connectivity index (χ0) is 12.6. The van der Waals surface area contributed by atoms with E-state index in [-0.39, 0.29) is 12.8 Å². The smallest absolute Gasteiger partial charge is 0.373 e. The minimum absolute atomic E-state index is 0.110. The first kappa shape index (κ1) is 13.3. The van der Waals surface area contributed by atoms with Crippen molar-refractivity contribution in [1.29, 1.82) is 0 Å². The lowest BCUT2D eigenvalue weighted by Crippen LogP contribution is -2.61. The third kappa shape index (κ3) is 2.05. The van der Waals surface area contributed by atoms with Crippen LogP contribution >= 0.6 is 0 Å². The van der Waals surface area contributed by atoms with E-state index >= 15 is 0 Å². The zero-order valence-corrected chi connectivity index (χ0v) is 8.07. The van der Waals surface area contributed by atoms with Gasteiger partial charge in [-0.25, -0.2) is 0 Å². The van der Waals surface area contributed by atoms with Gasteiger partial charge in [0.05, 0.1) is 0 Å². The highest BCUT2D eigenvalue weighted by Gasteiger charge is 2.73. The van der Waals surface area contributed by atoms with Crippen molar-refractivity contribution in [3.63, 3.8) is 0 Å². The minimum Gasteiger partial charge on any atom is -0.373 e. The molecule has 0 aromatic carbocycles. The van der Waals surface area contributed by atoms with Crippen LogP contribution in [-0.2, 0) is 0 Å². The Bertz CT molecular complexity index is 263. The Kier molecular flexibility index (Phi) is 3.29. The second kappa shape index (κ2) is 3.94. The van der Waals surface area contributed by atoms with Gasteiger partial charge in [-0.05, 0) is 19.3 Å². The van der Waals surface area contributed by atoms with E-state index in [1.54, 1.807) is 0 Å². The first-order valence-electron chi connectivity index (χ1n) is 4.61. The molecule has 0 bridgehead atoms. The van der Waals surface area contributed by atoms with Crippen LogP contribution in [0.3, 0.4) is 0 Å². The van der Waals surface area contributed by atoms with Crippen LogP contribution in [0, 0.1) is 5.92 Å². The number of halogens is 6. The summed E-state index contributed by atoms with van der Waals surface area (Å²) < 4.78 is 74.3. The van der Waals surface area contributed by atoms with E-state index in [0.717, 1.165) is 0 Å². The van der Waals surface area contributed by atoms with Gasteiger partial charge in [-0.15, -0.1) is 0 Å². The van der Waals surface area contributed by atoms with Crippen LogP contribution < -0.4 is 0 Å². The fourth-order valence-electron chi connectivity index (χ4n) is 1.80. The first-order valence-corrected chi connectivity index (χ1v) is 4.61. The second-order valence-electron chi connectivity index (χ2n) is 3.74. The number of hydrogen-bond donors (Lipinski definition) is 1. The maximum atomic E-state index is 12.4. The molecule has 0 aromatic rings. The quantitative estimate of drug-likeness (QED) is 0.558. The molecule has 0 aliphatic heterocycles. The summed E-state index contributed by atoms with van der Waals surface area (Å²) in [5.41, 5.74) is -4.61. The van der Waals surface area contributed by atoms with Gasteiger partial charge in [0.15, 0.2) is 0 Å². The third-order valence-electron chi connectivity index (χ3n) is 2.72. The maximum Gasteiger partial charge on any atom is 0.426 e. The van der Waals surface area contributed by atoms with Crippen LogP contribution in [0.2, 0.25) is 0 Å². The Morgan fingerprint density at radius 3 is 1.75 bits per heavy atom. The molecule has 1 atom stereocenters. The van der Waals surface area contributed by atoms with Crippen molar-refractivity contribution in [2.45, 2.75) is 37.2 Å². The van der Waals surface area contributed by atoms with Crippen molar-refractivity contribution < 1.29 is 31.4 Å². The highest BCUT2D eigenvalue weighted by atomic mass is 19.4. The van der Waals surface area contributed by atoms with E-state index in [0.29, 0.717) is 0 Å². The summed E-state index contributed by atoms with van der Waals surface area (Å²) in [4.78, 5) is 0. The number of allylic oxidation sites excluding steroid dienone is 2. The largest absolute Gasteiger partial charge is 0.426 e. The van der Waals surface area contributed by atoms with Gasteiger partial charge in [0, 0.05) is 5.92 Å². The van der Waals surface area contributed by atoms with Crippen molar-refractivity contribution >= 4 is 0 Å². The highest BCUT2D eigenvalue weighted by molar-refractivity contribution is 5.04. The predicted octanol–water partition coefficient (Wildman–Crippen LogP) is 3.20. The van der Waals surface area contributed by atoms with Gasteiger partial charge < -0.3 is 5.11 Å². The van der Waals surface area contributed by atoms with E-state index in [9.17, 15) is 26.3 Å². The van der Waals surface area contributed by atoms with Crippen molar-refractivity contribution in [2.24, 2.45) is 5.92 Å². The summed E-state index contributed by atoms with van der Waals surface area (Å²) in [6.45, 7) is 0. The predicted molar refractivity (Wildman–Crippen MR) is 43.5 cm³/mol. The molecule has 1 aliphatic carbocycles. The molecule has 94 valence electrons. The molecule has 0 spiro atoms. The van der Waals surface area contributed by atoms with E-state index in [1.807, 2.05) is 0 Å². The summed E-state index contributed by atoms with van der Waals surface area (Å²) in [5, 5.41) is 9.03. The van der Waals surface area contributed by atoms with E-state index in [2.05, 4.69) is 0 Å². The van der Waals surface area contributed by atoms with E-state index < -0.39 is 30.3 Å². The Morgan fingerprint density at radius 2 is 1.44 bits per heavy atom. The van der Waals surface area contributed by atoms with Gasteiger partial charge in [-0.3, -0.25) is 0 Å². The molecule has 0 heterocycles. The van der Waals surface area contributed by atoms with E-state index in [4.69, 9.17) is 5.11 Å². The van der Waals surface area contributed by atoms with Gasteiger partial charge >= 0.3 is 12.4 Å². The number of aliphatic hydroxyl groups is 1. The third-order valence-corrected chi connectivity index (χ3v) is 2.72. The Balaban J connectivity index is 3.10. The molecule has 0 amide bonds. The SMILES string of the molecule is OC(C1CC=CCC1)(C(F)(F)F)C(F)(F)F. The van der Waals surface area contributed by atoms with Crippen LogP contribution in [0.25, 0.3) is 0 Å². The summed E-state index contributed by atoms with van der Waals surface area (Å²) in [7, 11) is 0. The summed E-state index contributed by atoms with van der Waals surface area (Å²) in [6.07, 6.45) is -9.32. The molecular formula is C9H10F6O. The fourth-order valence-corrected chi connectivity index (χ4v) is 1.80. The lowest BCUT2D eigenvalue weighted by atomic mass is 9.78. The van der Waals surface area contributed by atoms with Crippen molar-refractivity contribution in [1.82, 2.24) is 0 Å². The van der Waals surface area contributed by atoms with Gasteiger partial charge in [0.25, 0.3) is 5.60 Å². The summed E-state index contributed by atoms with van der Waals surface area (Å²) in [6, 6.07) is 0. The van der Waals surface area contributed by atoms with Gasteiger partial charge in [0.2, 0.25) is 0 Å². The molecule has 16 heavy (non-hydrogen) atoms. The molecule has 0 saturated carbocycles. The Labute approximate surface area is 87.8 Å². The fraction of sp³-hybridized carbons (Fsp3) is 0.778. The average molecular weight is 248 g/mol. The molecule has 1 N–H and O–H groups in total. The summed E-state index contributed by atoms with van der Waals surface area (Å²) in [5.74, 6) is -1.86. The number of hydrogen-bond acceptors (Lipinski definition) is 1. The lowest BCUT2D eigenvalue weighted by Gasteiger charge is -2.39. The molecule has 7 heteroatoms. The second-order valence-corrected chi connectivity index (χ2v) is 3.74. The lowest BCUT2D eigenvalue weighted by molar-refractivity contribution is -0.385. The van der Waals surface area contributed by atoms with Gasteiger partial charge in [-0.1, -0.05) is 12.2 Å². The van der Waals surface area contributed by atoms with Crippen molar-refractivity contribution in [3.05, 3.63) is 12.2 Å². The monoisotopic (exact) mass is 248 g/mol. The first-order chi connectivity index (χ1) is 7.11. The van der Waals surface area contributed by atoms with Crippen LogP contribution in [0.1, 0.15) is 19.3 Å². The molecule has 0 aromatic heterocycles. The highest BCUT2D eigenvalue weighted by Crippen LogP contribution is 2.50. The molecule has 1 unspecified atom stereocenters. The van der Waals surface area contributed by atoms with Crippen molar-refractivity contribution in [3.8, 4) is 0 Å². The molecule has 0 fully saturated rings. The zero-order valence-electron chi connectivity index (χ0n) is 8.07. The molecule has 1 nitrogen and oxygen atoms in total. The van der Waals surface area contributed by atoms with Gasteiger partial charge in [-0.2, -0.15) is 26.3 Å². The summed E-state index contributed by atoms with van der Waals surface area (Å²) >= 11 is 0. The van der Waals surface area contributed by atoms with Gasteiger partial charge in [0.1, 0.15) is 0 Å². The van der Waals surface area contributed by atoms with Crippen LogP contribution in [0.5, 0.6) is 0 Å². The maximum absolute atomic E-state index is 12.4. The number of alkyl halides is 6. The van der Waals surface area contributed by atoms with E-state index in [1.165, 1.54) is 12.2 Å². The number of rotatable bonds is 1. The molecule has 0 saturated heterocycles. The molecular weight excluding hydrogens is 238 g/mol. The normalized spacial score (nSPS) is 23.6. The van der Waals surface area contributed by atoms with Crippen LogP contribution in [-0.4, -0.2) is 23.1 Å². The van der Waals surface area contributed by atoms with Crippen LogP contribution in [0.4, 0.5) is 26.3 Å². The standard InChI is InChI=1S/C9H10F6O/c10-8(11,12)7(16,9(13,14)15)6-4-2-1-3-5-6/h1-2,6,16H,3-5H2. The average Bonchev–Trinajstić information content (AvgIpc) is 2.14. The van der Waals surface area contributed by atoms with Crippen LogP contribution in [0.15, 0.2) is 12.2 Å². The molecule has 1 aliphatic rings. The minimum atomic E-state index is -5.71. The molecule has 0 radical (unpaired) electrons. The van der Waals surface area contributed by atoms with Crippen molar-refractivity contribution in [2.75, 3.05) is 0 Å². The topological polar surface area (TPSA) is 20.2 Å². The Morgan fingerprint density at radius 1 is 0.938 bits per heavy atom.